The molecule has 1 aromatic rings. The molecular formula is C19H30N2O2. The van der Waals surface area contributed by atoms with Crippen molar-refractivity contribution in [3.63, 3.8) is 0 Å². The Morgan fingerprint density at radius 1 is 1.04 bits per heavy atom. The summed E-state index contributed by atoms with van der Waals surface area (Å²) in [6.07, 6.45) is 7.78. The molecular weight excluding hydrogens is 288 g/mol. The van der Waals surface area contributed by atoms with E-state index in [1.807, 2.05) is 6.07 Å². The fraction of sp³-hybridized carbons (Fsp3) is 0.684. The summed E-state index contributed by atoms with van der Waals surface area (Å²) in [5.41, 5.74) is 1.29. The topological polar surface area (TPSA) is 33.7 Å². The van der Waals surface area contributed by atoms with Crippen LogP contribution in [-0.4, -0.2) is 50.8 Å². The molecule has 2 aliphatic heterocycles. The van der Waals surface area contributed by atoms with E-state index in [1.54, 1.807) is 14.2 Å². The van der Waals surface area contributed by atoms with Crippen molar-refractivity contribution in [2.24, 2.45) is 0 Å². The second-order valence-corrected chi connectivity index (χ2v) is 6.95. The smallest absolute Gasteiger partial charge is 0.160 e. The first-order chi connectivity index (χ1) is 11.2. The lowest BCUT2D eigenvalue weighted by Gasteiger charge is -2.23. The van der Waals surface area contributed by atoms with Gasteiger partial charge < -0.3 is 19.7 Å². The van der Waals surface area contributed by atoms with E-state index in [0.29, 0.717) is 6.04 Å². The Hall–Kier alpha value is -1.26. The number of fused-ring (bicyclic) bond motifs is 2. The lowest BCUT2D eigenvalue weighted by molar-refractivity contribution is 0.240. The largest absolute Gasteiger partial charge is 0.493 e. The highest BCUT2D eigenvalue weighted by molar-refractivity contribution is 5.42. The summed E-state index contributed by atoms with van der Waals surface area (Å²) in [5, 5.41) is 3.78. The van der Waals surface area contributed by atoms with Gasteiger partial charge in [-0.25, -0.2) is 0 Å². The maximum atomic E-state index is 5.38. The van der Waals surface area contributed by atoms with Crippen LogP contribution in [0.5, 0.6) is 11.5 Å². The third-order valence-electron chi connectivity index (χ3n) is 5.68. The molecule has 128 valence electrons. The SMILES string of the molecule is COc1ccc(CCNC2CCC3CCC(C2)N3C)cc1OC. The lowest BCUT2D eigenvalue weighted by Crippen LogP contribution is -2.35. The van der Waals surface area contributed by atoms with Crippen LogP contribution in [-0.2, 0) is 6.42 Å². The molecule has 0 aromatic heterocycles. The Labute approximate surface area is 140 Å². The van der Waals surface area contributed by atoms with Gasteiger partial charge in [0.05, 0.1) is 14.2 Å². The third kappa shape index (κ3) is 3.81. The standard InChI is InChI=1S/C19H30N2O2/c1-21-16-6-5-15(13-17(21)8-7-16)20-11-10-14-4-9-18(22-2)19(12-14)23-3/h4,9,12,15-17,20H,5-8,10-11,13H2,1-3H3. The fourth-order valence-corrected chi connectivity index (χ4v) is 4.20. The second kappa shape index (κ2) is 7.54. The second-order valence-electron chi connectivity index (χ2n) is 6.95. The predicted molar refractivity (Wildman–Crippen MR) is 93.5 cm³/mol. The molecule has 1 aromatic carbocycles. The van der Waals surface area contributed by atoms with Crippen LogP contribution in [0.3, 0.4) is 0 Å². The Bertz CT molecular complexity index is 520. The van der Waals surface area contributed by atoms with Crippen LogP contribution >= 0.6 is 0 Å². The van der Waals surface area contributed by atoms with Crippen LogP contribution in [0.1, 0.15) is 37.7 Å². The summed E-state index contributed by atoms with van der Waals surface area (Å²) in [6, 6.07) is 8.51. The Morgan fingerprint density at radius 3 is 2.57 bits per heavy atom. The zero-order chi connectivity index (χ0) is 16.2. The predicted octanol–water partition coefficient (Wildman–Crippen LogP) is 2.85. The van der Waals surface area contributed by atoms with Gasteiger partial charge in [-0.2, -0.15) is 0 Å². The monoisotopic (exact) mass is 318 g/mol. The lowest BCUT2D eigenvalue weighted by atomic mass is 9.96. The van der Waals surface area contributed by atoms with Crippen molar-refractivity contribution >= 4 is 0 Å². The van der Waals surface area contributed by atoms with Gasteiger partial charge in [-0.1, -0.05) is 6.07 Å². The molecule has 4 nitrogen and oxygen atoms in total. The van der Waals surface area contributed by atoms with Crippen LogP contribution in [0.15, 0.2) is 18.2 Å². The van der Waals surface area contributed by atoms with Crippen molar-refractivity contribution in [3.05, 3.63) is 23.8 Å². The summed E-state index contributed by atoms with van der Waals surface area (Å²) < 4.78 is 10.7. The van der Waals surface area contributed by atoms with Crippen molar-refractivity contribution in [1.82, 2.24) is 10.2 Å². The molecule has 3 unspecified atom stereocenters. The summed E-state index contributed by atoms with van der Waals surface area (Å²) in [7, 11) is 5.68. The van der Waals surface area contributed by atoms with Crippen molar-refractivity contribution < 1.29 is 9.47 Å². The average molecular weight is 318 g/mol. The summed E-state index contributed by atoms with van der Waals surface area (Å²) in [5.74, 6) is 1.62. The Morgan fingerprint density at radius 2 is 1.78 bits per heavy atom. The van der Waals surface area contributed by atoms with Crippen LogP contribution in [0, 0.1) is 0 Å². The molecule has 23 heavy (non-hydrogen) atoms. The van der Waals surface area contributed by atoms with Crippen molar-refractivity contribution in [1.29, 1.82) is 0 Å². The zero-order valence-corrected chi connectivity index (χ0v) is 14.7. The molecule has 2 aliphatic rings. The molecule has 2 saturated heterocycles. The van der Waals surface area contributed by atoms with Crippen LogP contribution < -0.4 is 14.8 Å². The first-order valence-corrected chi connectivity index (χ1v) is 8.87. The highest BCUT2D eigenvalue weighted by Crippen LogP contribution is 2.33. The van der Waals surface area contributed by atoms with E-state index in [0.717, 1.165) is 36.5 Å². The van der Waals surface area contributed by atoms with Crippen LogP contribution in [0.25, 0.3) is 0 Å². The number of methoxy groups -OCH3 is 2. The highest BCUT2D eigenvalue weighted by atomic mass is 16.5. The van der Waals surface area contributed by atoms with E-state index < -0.39 is 0 Å². The number of ether oxygens (including phenoxy) is 2. The summed E-state index contributed by atoms with van der Waals surface area (Å²) in [4.78, 5) is 2.62. The van der Waals surface area contributed by atoms with Crippen molar-refractivity contribution in [2.75, 3.05) is 27.8 Å². The number of nitrogens with one attached hydrogen (secondary N) is 1. The normalized spacial score (nSPS) is 27.7. The molecule has 2 fully saturated rings. The minimum Gasteiger partial charge on any atom is -0.493 e. The minimum atomic E-state index is 0.674. The average Bonchev–Trinajstić information content (AvgIpc) is 2.82. The van der Waals surface area contributed by atoms with Gasteiger partial charge in [-0.15, -0.1) is 0 Å². The van der Waals surface area contributed by atoms with E-state index in [-0.39, 0.29) is 0 Å². The molecule has 3 atom stereocenters. The zero-order valence-electron chi connectivity index (χ0n) is 14.7. The van der Waals surface area contributed by atoms with Crippen LogP contribution in [0.2, 0.25) is 0 Å². The Balaban J connectivity index is 1.50. The maximum absolute atomic E-state index is 5.38. The Kier molecular flexibility index (Phi) is 5.44. The fourth-order valence-electron chi connectivity index (χ4n) is 4.20. The third-order valence-corrected chi connectivity index (χ3v) is 5.68. The van der Waals surface area contributed by atoms with Gasteiger partial charge in [-0.3, -0.25) is 0 Å². The van der Waals surface area contributed by atoms with E-state index in [4.69, 9.17) is 9.47 Å². The number of hydrogen-bond donors (Lipinski definition) is 1. The molecule has 1 N–H and O–H groups in total. The minimum absolute atomic E-state index is 0.674. The van der Waals surface area contributed by atoms with Gasteiger partial charge in [-0.05, 0) is 69.8 Å². The van der Waals surface area contributed by atoms with Gasteiger partial charge >= 0.3 is 0 Å². The molecule has 0 radical (unpaired) electrons. The molecule has 0 spiro atoms. The molecule has 2 bridgehead atoms. The summed E-state index contributed by atoms with van der Waals surface area (Å²) in [6.45, 7) is 1.03. The summed E-state index contributed by atoms with van der Waals surface area (Å²) >= 11 is 0. The van der Waals surface area contributed by atoms with Gasteiger partial charge in [0.25, 0.3) is 0 Å². The first-order valence-electron chi connectivity index (χ1n) is 8.87. The molecule has 3 rings (SSSR count). The molecule has 2 heterocycles. The molecule has 0 aliphatic carbocycles. The maximum Gasteiger partial charge on any atom is 0.160 e. The van der Waals surface area contributed by atoms with Gasteiger partial charge in [0, 0.05) is 18.1 Å². The van der Waals surface area contributed by atoms with Crippen LogP contribution in [0.4, 0.5) is 0 Å². The molecule has 0 amide bonds. The van der Waals surface area contributed by atoms with Gasteiger partial charge in [0.1, 0.15) is 0 Å². The van der Waals surface area contributed by atoms with E-state index in [1.165, 1.54) is 37.7 Å². The van der Waals surface area contributed by atoms with Crippen molar-refractivity contribution in [3.8, 4) is 11.5 Å². The van der Waals surface area contributed by atoms with Gasteiger partial charge in [0.2, 0.25) is 0 Å². The number of hydrogen-bond acceptors (Lipinski definition) is 4. The highest BCUT2D eigenvalue weighted by Gasteiger charge is 2.34. The van der Waals surface area contributed by atoms with E-state index in [2.05, 4.69) is 29.4 Å². The molecule has 4 heteroatoms. The number of benzene rings is 1. The quantitative estimate of drug-likeness (QED) is 0.874. The number of rotatable bonds is 6. The number of nitrogens with zero attached hydrogens (tertiary/aromatic N) is 1. The van der Waals surface area contributed by atoms with E-state index in [9.17, 15) is 0 Å². The van der Waals surface area contributed by atoms with E-state index >= 15 is 0 Å². The van der Waals surface area contributed by atoms with Crippen molar-refractivity contribution in [2.45, 2.75) is 56.7 Å². The molecule has 0 saturated carbocycles. The first kappa shape index (κ1) is 16.6. The van der Waals surface area contributed by atoms with Gasteiger partial charge in [0.15, 0.2) is 11.5 Å².